The van der Waals surface area contributed by atoms with Gasteiger partial charge in [0.1, 0.15) is 17.2 Å². The summed E-state index contributed by atoms with van der Waals surface area (Å²) in [6.45, 7) is 4.18. The van der Waals surface area contributed by atoms with Crippen molar-refractivity contribution in [3.8, 4) is 16.9 Å². The van der Waals surface area contributed by atoms with E-state index in [1.54, 1.807) is 53.9 Å². The molecule has 37 heavy (non-hydrogen) atoms. The molecule has 0 spiro atoms. The Hall–Kier alpha value is -3.45. The molecule has 11 nitrogen and oxygen atoms in total. The molecule has 198 valence electrons. The van der Waals surface area contributed by atoms with Crippen LogP contribution in [-0.4, -0.2) is 68.3 Å². The van der Waals surface area contributed by atoms with E-state index in [1.807, 2.05) is 0 Å². The van der Waals surface area contributed by atoms with E-state index < -0.39 is 12.0 Å². The first-order chi connectivity index (χ1) is 17.7. The number of halogens is 2. The monoisotopic (exact) mass is 515 g/mol. The van der Waals surface area contributed by atoms with Crippen molar-refractivity contribution in [2.24, 2.45) is 5.92 Å². The third kappa shape index (κ3) is 5.47. The Morgan fingerprint density at radius 2 is 1.97 bits per heavy atom. The molecule has 0 radical (unpaired) electrons. The zero-order chi connectivity index (χ0) is 26.2. The lowest BCUT2D eigenvalue weighted by Crippen LogP contribution is -2.22. The second-order valence-corrected chi connectivity index (χ2v) is 10.2. The lowest BCUT2D eigenvalue weighted by atomic mass is 9.87. The molecule has 1 aliphatic rings. The van der Waals surface area contributed by atoms with E-state index >= 15 is 0 Å². The molecular weight excluding hydrogens is 484 g/mol. The lowest BCUT2D eigenvalue weighted by molar-refractivity contribution is 0.0748. The van der Waals surface area contributed by atoms with Gasteiger partial charge in [-0.15, -0.1) is 5.10 Å². The number of aliphatic hydroxyl groups excluding tert-OH is 1. The highest BCUT2D eigenvalue weighted by Gasteiger charge is 2.27. The molecular formula is C24H31F2N9O2. The van der Waals surface area contributed by atoms with Crippen LogP contribution in [0.5, 0.6) is 0 Å². The third-order valence-electron chi connectivity index (χ3n) is 6.82. The van der Waals surface area contributed by atoms with Gasteiger partial charge in [-0.1, -0.05) is 5.21 Å². The molecule has 0 saturated heterocycles. The van der Waals surface area contributed by atoms with Gasteiger partial charge in [-0.25, -0.2) is 23.0 Å². The Kier molecular flexibility index (Phi) is 6.90. The molecule has 4 aromatic heterocycles. The highest BCUT2D eigenvalue weighted by atomic mass is 19.3. The van der Waals surface area contributed by atoms with Gasteiger partial charge in [0.2, 0.25) is 0 Å². The van der Waals surface area contributed by atoms with E-state index in [-0.39, 0.29) is 29.9 Å². The number of aliphatic hydroxyl groups is 2. The van der Waals surface area contributed by atoms with E-state index in [4.69, 9.17) is 0 Å². The standard InChI is InChI=1S/C24H31F2N9O2/c1-24(2,37)8-9-27-20-7-10-33-23(29-20)17(11-28-33)18-12-35(32-30-18)19-13-34(31-21(19)22(25)26)16-5-3-15(14-36)4-6-16/h7,10-13,15-16,22,36-37H,3-6,8-9,14H2,1-2H3,(H,27,29). The van der Waals surface area contributed by atoms with Crippen molar-refractivity contribution in [2.45, 2.75) is 64.0 Å². The maximum atomic E-state index is 13.9. The third-order valence-corrected chi connectivity index (χ3v) is 6.82. The molecule has 1 saturated carbocycles. The van der Waals surface area contributed by atoms with Crippen LogP contribution < -0.4 is 5.32 Å². The minimum atomic E-state index is -2.77. The number of hydrogen-bond donors (Lipinski definition) is 3. The number of fused-ring (bicyclic) bond motifs is 1. The summed E-state index contributed by atoms with van der Waals surface area (Å²) in [7, 11) is 0. The summed E-state index contributed by atoms with van der Waals surface area (Å²) in [6.07, 6.45) is 7.54. The van der Waals surface area contributed by atoms with Gasteiger partial charge < -0.3 is 15.5 Å². The van der Waals surface area contributed by atoms with Crippen molar-refractivity contribution in [2.75, 3.05) is 18.5 Å². The summed E-state index contributed by atoms with van der Waals surface area (Å²) in [5.41, 5.74) is 0.610. The maximum Gasteiger partial charge on any atom is 0.284 e. The van der Waals surface area contributed by atoms with Crippen LogP contribution in [0.2, 0.25) is 0 Å². The summed E-state index contributed by atoms with van der Waals surface area (Å²) in [4.78, 5) is 4.61. The molecule has 4 aromatic rings. The molecule has 0 amide bonds. The Morgan fingerprint density at radius 1 is 1.19 bits per heavy atom. The number of nitrogens with zero attached hydrogens (tertiary/aromatic N) is 8. The maximum absolute atomic E-state index is 13.9. The summed E-state index contributed by atoms with van der Waals surface area (Å²) >= 11 is 0. The Balaban J connectivity index is 1.40. The van der Waals surface area contributed by atoms with E-state index in [9.17, 15) is 19.0 Å². The Labute approximate surface area is 212 Å². The summed E-state index contributed by atoms with van der Waals surface area (Å²) in [5, 5.41) is 39.3. The van der Waals surface area contributed by atoms with E-state index in [0.29, 0.717) is 35.7 Å². The molecule has 0 unspecified atom stereocenters. The first-order valence-electron chi connectivity index (χ1n) is 12.4. The normalized spacial score (nSPS) is 18.7. The van der Waals surface area contributed by atoms with Crippen LogP contribution in [-0.2, 0) is 0 Å². The number of rotatable bonds is 9. The smallest absolute Gasteiger partial charge is 0.284 e. The van der Waals surface area contributed by atoms with Gasteiger partial charge in [0.05, 0.1) is 35.8 Å². The van der Waals surface area contributed by atoms with Gasteiger partial charge in [-0.2, -0.15) is 10.2 Å². The largest absolute Gasteiger partial charge is 0.396 e. The number of nitrogens with one attached hydrogen (secondary N) is 1. The zero-order valence-electron chi connectivity index (χ0n) is 20.8. The van der Waals surface area contributed by atoms with Crippen LogP contribution in [0.1, 0.15) is 64.1 Å². The second-order valence-electron chi connectivity index (χ2n) is 10.2. The van der Waals surface area contributed by atoms with Gasteiger partial charge in [-0.05, 0) is 57.9 Å². The van der Waals surface area contributed by atoms with Gasteiger partial charge in [0, 0.05) is 19.3 Å². The fourth-order valence-electron chi connectivity index (χ4n) is 4.66. The minimum absolute atomic E-state index is 0.00295. The molecule has 1 fully saturated rings. The molecule has 3 N–H and O–H groups in total. The first-order valence-corrected chi connectivity index (χ1v) is 12.4. The topological polar surface area (TPSA) is 131 Å². The van der Waals surface area contributed by atoms with Gasteiger partial charge >= 0.3 is 0 Å². The van der Waals surface area contributed by atoms with E-state index in [2.05, 4.69) is 30.8 Å². The van der Waals surface area contributed by atoms with Crippen LogP contribution in [0, 0.1) is 5.92 Å². The molecule has 0 bridgehead atoms. The molecule has 0 aliphatic heterocycles. The average Bonchev–Trinajstić information content (AvgIpc) is 3.60. The van der Waals surface area contributed by atoms with Crippen molar-refractivity contribution < 1.29 is 19.0 Å². The van der Waals surface area contributed by atoms with E-state index in [0.717, 1.165) is 25.7 Å². The van der Waals surface area contributed by atoms with Gasteiger partial charge in [0.15, 0.2) is 11.3 Å². The second kappa shape index (κ2) is 10.1. The first kappa shape index (κ1) is 25.2. The summed E-state index contributed by atoms with van der Waals surface area (Å²) in [5.74, 6) is 0.874. The highest BCUT2D eigenvalue weighted by molar-refractivity contribution is 5.74. The SMILES string of the molecule is CC(C)(O)CCNc1ccn2ncc(-c3cn(-c4cn(C5CCC(CO)CC5)nc4C(F)F)nn3)c2n1. The molecule has 0 atom stereocenters. The van der Waals surface area contributed by atoms with Crippen LogP contribution in [0.25, 0.3) is 22.6 Å². The predicted octanol–water partition coefficient (Wildman–Crippen LogP) is 3.41. The van der Waals surface area contributed by atoms with Gasteiger partial charge in [-0.3, -0.25) is 4.68 Å². The quantitative estimate of drug-likeness (QED) is 0.309. The van der Waals surface area contributed by atoms with Crippen LogP contribution in [0.15, 0.2) is 30.9 Å². The van der Waals surface area contributed by atoms with Crippen molar-refractivity contribution in [3.63, 3.8) is 0 Å². The van der Waals surface area contributed by atoms with E-state index in [1.165, 1.54) is 4.68 Å². The lowest BCUT2D eigenvalue weighted by Gasteiger charge is -2.27. The molecule has 4 heterocycles. The van der Waals surface area contributed by atoms with Crippen LogP contribution >= 0.6 is 0 Å². The molecule has 1 aliphatic carbocycles. The Bertz CT molecular complexity index is 1350. The van der Waals surface area contributed by atoms with Crippen molar-refractivity contribution >= 4 is 11.5 Å². The zero-order valence-corrected chi connectivity index (χ0v) is 20.8. The predicted molar refractivity (Wildman–Crippen MR) is 132 cm³/mol. The van der Waals surface area contributed by atoms with Crippen molar-refractivity contribution in [1.29, 1.82) is 0 Å². The minimum Gasteiger partial charge on any atom is -0.396 e. The number of anilines is 1. The number of hydrogen-bond acceptors (Lipinski definition) is 8. The van der Waals surface area contributed by atoms with Crippen LogP contribution in [0.4, 0.5) is 14.6 Å². The molecule has 5 rings (SSSR count). The summed E-state index contributed by atoms with van der Waals surface area (Å²) in [6, 6.07) is 1.78. The van der Waals surface area contributed by atoms with Crippen molar-refractivity contribution in [1.82, 2.24) is 39.4 Å². The number of alkyl halides is 2. The van der Waals surface area contributed by atoms with Crippen LogP contribution in [0.3, 0.4) is 0 Å². The van der Waals surface area contributed by atoms with Gasteiger partial charge in [0.25, 0.3) is 6.43 Å². The average molecular weight is 516 g/mol. The fourth-order valence-corrected chi connectivity index (χ4v) is 4.66. The fraction of sp³-hybridized carbons (Fsp3) is 0.542. The Morgan fingerprint density at radius 3 is 2.68 bits per heavy atom. The summed E-state index contributed by atoms with van der Waals surface area (Å²) < 4.78 is 32.3. The molecule has 0 aromatic carbocycles. The van der Waals surface area contributed by atoms with Crippen molar-refractivity contribution in [3.05, 3.63) is 36.5 Å². The molecule has 13 heteroatoms. The highest BCUT2D eigenvalue weighted by Crippen LogP contribution is 2.34. The number of aromatic nitrogens is 8.